The van der Waals surface area contributed by atoms with Crippen LogP contribution < -0.4 is 15.8 Å². The van der Waals surface area contributed by atoms with Crippen molar-refractivity contribution in [1.29, 1.82) is 0 Å². The van der Waals surface area contributed by atoms with Crippen LogP contribution in [-0.4, -0.2) is 25.4 Å². The van der Waals surface area contributed by atoms with E-state index in [2.05, 4.69) is 5.32 Å². The number of nitrogens with one attached hydrogen (secondary N) is 1. The topological polar surface area (TPSA) is 67.5 Å². The van der Waals surface area contributed by atoms with Gasteiger partial charge >= 0.3 is 0 Å². The zero-order valence-corrected chi connectivity index (χ0v) is 11.2. The number of ether oxygens (including phenoxy) is 1. The number of nitrogens with two attached hydrogens (primary N) is 1. The predicted octanol–water partition coefficient (Wildman–Crippen LogP) is 2.24. The van der Waals surface area contributed by atoms with E-state index in [1.807, 2.05) is 0 Å². The van der Waals surface area contributed by atoms with E-state index in [4.69, 9.17) is 10.5 Å². The highest BCUT2D eigenvalue weighted by atomic mass is 19.1. The number of benzene rings is 1. The van der Waals surface area contributed by atoms with Gasteiger partial charge in [-0.1, -0.05) is 6.42 Å². The van der Waals surface area contributed by atoms with Crippen LogP contribution in [0.2, 0.25) is 0 Å². The molecule has 2 unspecified atom stereocenters. The predicted molar refractivity (Wildman–Crippen MR) is 73.8 cm³/mol. The molecule has 0 aromatic heterocycles. The monoisotopic (exact) mass is 268 g/mol. The molecule has 1 aliphatic rings. The lowest BCUT2D eigenvalue weighted by Gasteiger charge is -2.19. The molecular weight excluding hydrogens is 247 g/mol. The van der Waals surface area contributed by atoms with Gasteiger partial charge in [-0.2, -0.15) is 0 Å². The molecule has 1 aromatic carbocycles. The van der Waals surface area contributed by atoms with Crippen molar-refractivity contribution in [3.8, 4) is 5.75 Å². The van der Waals surface area contributed by atoms with Crippen molar-refractivity contribution in [3.63, 3.8) is 0 Å². The second-order valence-corrected chi connectivity index (χ2v) is 5.09. The fraction of sp³-hybridized carbons (Fsp3) is 0.571. The van der Waals surface area contributed by atoms with Crippen LogP contribution in [0.4, 0.5) is 15.8 Å². The van der Waals surface area contributed by atoms with Gasteiger partial charge in [0.1, 0.15) is 0 Å². The van der Waals surface area contributed by atoms with E-state index in [0.717, 1.165) is 25.8 Å². The van der Waals surface area contributed by atoms with Crippen LogP contribution in [0, 0.1) is 17.7 Å². The Hall–Kier alpha value is -1.49. The Bertz CT molecular complexity index is 440. The molecule has 19 heavy (non-hydrogen) atoms. The fourth-order valence-corrected chi connectivity index (χ4v) is 2.74. The average molecular weight is 268 g/mol. The quantitative estimate of drug-likeness (QED) is 0.716. The molecular formula is C14H21FN2O2. The fourth-order valence-electron chi connectivity index (χ4n) is 2.74. The lowest BCUT2D eigenvalue weighted by molar-refractivity contribution is 0.199. The van der Waals surface area contributed by atoms with E-state index in [-0.39, 0.29) is 12.4 Å². The first-order valence-corrected chi connectivity index (χ1v) is 6.63. The van der Waals surface area contributed by atoms with Gasteiger partial charge in [0.05, 0.1) is 18.5 Å². The van der Waals surface area contributed by atoms with Crippen LogP contribution in [0.5, 0.6) is 5.75 Å². The number of aliphatic hydroxyl groups is 1. The van der Waals surface area contributed by atoms with Gasteiger partial charge in [-0.05, 0) is 24.7 Å². The van der Waals surface area contributed by atoms with Crippen LogP contribution >= 0.6 is 0 Å². The van der Waals surface area contributed by atoms with Gasteiger partial charge < -0.3 is 20.9 Å². The molecule has 0 aliphatic heterocycles. The van der Waals surface area contributed by atoms with Gasteiger partial charge in [-0.15, -0.1) is 0 Å². The molecule has 2 atom stereocenters. The first kappa shape index (κ1) is 13.9. The van der Waals surface area contributed by atoms with Crippen molar-refractivity contribution < 1.29 is 14.2 Å². The maximum Gasteiger partial charge on any atom is 0.167 e. The van der Waals surface area contributed by atoms with E-state index >= 15 is 0 Å². The van der Waals surface area contributed by atoms with Gasteiger partial charge in [-0.3, -0.25) is 0 Å². The van der Waals surface area contributed by atoms with Crippen molar-refractivity contribution in [2.45, 2.75) is 19.3 Å². The first-order chi connectivity index (χ1) is 9.15. The molecule has 5 heteroatoms. The highest BCUT2D eigenvalue weighted by Gasteiger charge is 2.26. The summed E-state index contributed by atoms with van der Waals surface area (Å²) in [5.74, 6) is 0.526. The standard InChI is InChI=1S/C14H21FN2O2/c1-19-14-6-13(12(16)5-11(14)15)17-7-9-3-2-4-10(9)8-18/h5-6,9-10,17-18H,2-4,7-8,16H2,1H3. The highest BCUT2D eigenvalue weighted by Crippen LogP contribution is 2.33. The van der Waals surface area contributed by atoms with Crippen molar-refractivity contribution >= 4 is 11.4 Å². The average Bonchev–Trinajstić information content (AvgIpc) is 2.85. The first-order valence-electron chi connectivity index (χ1n) is 6.63. The highest BCUT2D eigenvalue weighted by molar-refractivity contribution is 5.68. The van der Waals surface area contributed by atoms with Gasteiger partial charge in [-0.25, -0.2) is 4.39 Å². The number of rotatable bonds is 5. The summed E-state index contributed by atoms with van der Waals surface area (Å²) < 4.78 is 18.4. The molecule has 0 spiro atoms. The Labute approximate surface area is 112 Å². The summed E-state index contributed by atoms with van der Waals surface area (Å²) in [7, 11) is 1.43. The summed E-state index contributed by atoms with van der Waals surface area (Å²) in [6.45, 7) is 0.971. The number of methoxy groups -OCH3 is 1. The molecule has 1 fully saturated rings. The molecule has 2 rings (SSSR count). The van der Waals surface area contributed by atoms with Crippen LogP contribution in [0.15, 0.2) is 12.1 Å². The third-order valence-corrected chi connectivity index (χ3v) is 3.93. The Morgan fingerprint density at radius 2 is 2.16 bits per heavy atom. The van der Waals surface area contributed by atoms with E-state index in [0.29, 0.717) is 23.2 Å². The van der Waals surface area contributed by atoms with E-state index in [1.54, 1.807) is 6.07 Å². The number of anilines is 2. The molecule has 1 saturated carbocycles. The summed E-state index contributed by atoms with van der Waals surface area (Å²) in [5.41, 5.74) is 6.84. The molecule has 1 aromatic rings. The number of hydrogen-bond acceptors (Lipinski definition) is 4. The third-order valence-electron chi connectivity index (χ3n) is 3.93. The molecule has 0 amide bonds. The number of hydrogen-bond donors (Lipinski definition) is 3. The van der Waals surface area contributed by atoms with Crippen molar-refractivity contribution in [2.24, 2.45) is 11.8 Å². The lowest BCUT2D eigenvalue weighted by Crippen LogP contribution is -2.21. The summed E-state index contributed by atoms with van der Waals surface area (Å²) in [6.07, 6.45) is 3.33. The summed E-state index contributed by atoms with van der Waals surface area (Å²) in [4.78, 5) is 0. The minimum Gasteiger partial charge on any atom is -0.494 e. The van der Waals surface area contributed by atoms with Crippen molar-refractivity contribution in [2.75, 3.05) is 31.3 Å². The van der Waals surface area contributed by atoms with Gasteiger partial charge in [0.15, 0.2) is 11.6 Å². The van der Waals surface area contributed by atoms with Crippen molar-refractivity contribution in [3.05, 3.63) is 17.9 Å². The van der Waals surface area contributed by atoms with E-state index < -0.39 is 5.82 Å². The summed E-state index contributed by atoms with van der Waals surface area (Å²) in [5, 5.41) is 12.5. The van der Waals surface area contributed by atoms with E-state index in [1.165, 1.54) is 13.2 Å². The molecule has 1 aliphatic carbocycles. The van der Waals surface area contributed by atoms with Crippen LogP contribution in [0.3, 0.4) is 0 Å². The van der Waals surface area contributed by atoms with Crippen molar-refractivity contribution in [1.82, 2.24) is 0 Å². The van der Waals surface area contributed by atoms with Crippen LogP contribution in [-0.2, 0) is 0 Å². The Morgan fingerprint density at radius 1 is 1.42 bits per heavy atom. The molecule has 0 saturated heterocycles. The maximum atomic E-state index is 13.4. The molecule has 106 valence electrons. The summed E-state index contributed by atoms with van der Waals surface area (Å²) >= 11 is 0. The Kier molecular flexibility index (Phi) is 4.47. The van der Waals surface area contributed by atoms with Gasteiger partial charge in [0, 0.05) is 25.3 Å². The zero-order valence-electron chi connectivity index (χ0n) is 11.2. The largest absolute Gasteiger partial charge is 0.494 e. The summed E-state index contributed by atoms with van der Waals surface area (Å²) in [6, 6.07) is 2.84. The van der Waals surface area contributed by atoms with Crippen LogP contribution in [0.25, 0.3) is 0 Å². The smallest absolute Gasteiger partial charge is 0.167 e. The number of nitrogen functional groups attached to an aromatic ring is 1. The molecule has 0 radical (unpaired) electrons. The van der Waals surface area contributed by atoms with Gasteiger partial charge in [0.2, 0.25) is 0 Å². The maximum absolute atomic E-state index is 13.4. The second-order valence-electron chi connectivity index (χ2n) is 5.09. The molecule has 0 heterocycles. The van der Waals surface area contributed by atoms with Gasteiger partial charge in [0.25, 0.3) is 0 Å². The Morgan fingerprint density at radius 3 is 2.84 bits per heavy atom. The molecule has 4 nitrogen and oxygen atoms in total. The minimum atomic E-state index is -0.459. The zero-order chi connectivity index (χ0) is 13.8. The lowest BCUT2D eigenvalue weighted by atomic mass is 9.97. The normalized spacial score (nSPS) is 22.5. The third kappa shape index (κ3) is 3.10. The Balaban J connectivity index is 2.03. The van der Waals surface area contributed by atoms with Crippen LogP contribution in [0.1, 0.15) is 19.3 Å². The second kappa shape index (κ2) is 6.10. The molecule has 4 N–H and O–H groups in total. The minimum absolute atomic E-state index is 0.182. The number of aliphatic hydroxyl groups excluding tert-OH is 1. The number of halogens is 1. The molecule has 0 bridgehead atoms. The SMILES string of the molecule is COc1cc(NCC2CCCC2CO)c(N)cc1F. The van der Waals surface area contributed by atoms with E-state index in [9.17, 15) is 9.50 Å².